The normalized spacial score (nSPS) is 15.0. The van der Waals surface area contributed by atoms with Crippen LogP contribution in [0.5, 0.6) is 17.2 Å². The third-order valence-electron chi connectivity index (χ3n) is 5.50. The predicted molar refractivity (Wildman–Crippen MR) is 125 cm³/mol. The summed E-state index contributed by atoms with van der Waals surface area (Å²) in [6, 6.07) is 12.4. The summed E-state index contributed by atoms with van der Waals surface area (Å²) in [5.41, 5.74) is 3.39. The fraction of sp³-hybridized carbons (Fsp3) is 0.458. The van der Waals surface area contributed by atoms with E-state index in [1.165, 1.54) is 38.3 Å². The van der Waals surface area contributed by atoms with Gasteiger partial charge in [-0.15, -0.1) is 0 Å². The number of aliphatic imine (C=N–C) groups is 1. The van der Waals surface area contributed by atoms with Gasteiger partial charge in [0.25, 0.3) is 0 Å². The summed E-state index contributed by atoms with van der Waals surface area (Å²) in [6.45, 7) is 7.63. The van der Waals surface area contributed by atoms with Crippen LogP contribution >= 0.6 is 0 Å². The number of guanidine groups is 1. The first-order chi connectivity index (χ1) is 15.0. The second-order valence-electron chi connectivity index (χ2n) is 7.70. The average Bonchev–Trinajstić information content (AvgIpc) is 3.33. The van der Waals surface area contributed by atoms with Crippen LogP contribution in [0.1, 0.15) is 43.9 Å². The van der Waals surface area contributed by atoms with Crippen LogP contribution in [0.3, 0.4) is 0 Å². The van der Waals surface area contributed by atoms with Crippen molar-refractivity contribution in [1.82, 2.24) is 10.6 Å². The molecule has 0 amide bonds. The third-order valence-corrected chi connectivity index (χ3v) is 5.50. The first kappa shape index (κ1) is 22.6. The molecule has 1 aliphatic heterocycles. The van der Waals surface area contributed by atoms with E-state index in [1.807, 2.05) is 6.92 Å². The van der Waals surface area contributed by atoms with Crippen LogP contribution in [0.4, 0.5) is 5.69 Å². The molecule has 0 bridgehead atoms. The second kappa shape index (κ2) is 10.8. The Balaban J connectivity index is 1.73. The molecule has 1 fully saturated rings. The number of nitrogens with one attached hydrogen (secondary N) is 2. The van der Waals surface area contributed by atoms with Crippen molar-refractivity contribution in [3.63, 3.8) is 0 Å². The molecule has 7 nitrogen and oxygen atoms in total. The number of benzene rings is 2. The molecule has 1 saturated heterocycles. The minimum absolute atomic E-state index is 0.00531. The van der Waals surface area contributed by atoms with Gasteiger partial charge in [-0.2, -0.15) is 0 Å². The maximum atomic E-state index is 10.1. The number of hydrogen-bond acceptors (Lipinski definition) is 5. The van der Waals surface area contributed by atoms with Crippen LogP contribution in [0.15, 0.2) is 41.4 Å². The molecule has 3 N–H and O–H groups in total. The molecule has 0 aliphatic carbocycles. The van der Waals surface area contributed by atoms with Crippen molar-refractivity contribution in [3.05, 3.63) is 47.5 Å². The number of phenols is 1. The monoisotopic (exact) mass is 426 g/mol. The first-order valence-corrected chi connectivity index (χ1v) is 10.9. The summed E-state index contributed by atoms with van der Waals surface area (Å²) >= 11 is 0. The second-order valence-corrected chi connectivity index (χ2v) is 7.70. The molecular weight excluding hydrogens is 392 g/mol. The molecule has 0 spiro atoms. The van der Waals surface area contributed by atoms with Gasteiger partial charge in [0.15, 0.2) is 17.5 Å². The Morgan fingerprint density at radius 2 is 1.81 bits per heavy atom. The summed E-state index contributed by atoms with van der Waals surface area (Å²) in [7, 11) is 3.04. The maximum absolute atomic E-state index is 10.1. The van der Waals surface area contributed by atoms with Crippen LogP contribution in [0, 0.1) is 0 Å². The Hall–Kier alpha value is -3.09. The molecule has 7 heteroatoms. The fourth-order valence-corrected chi connectivity index (χ4v) is 3.78. The van der Waals surface area contributed by atoms with Crippen molar-refractivity contribution in [1.29, 1.82) is 0 Å². The lowest BCUT2D eigenvalue weighted by Crippen LogP contribution is -2.38. The van der Waals surface area contributed by atoms with E-state index in [9.17, 15) is 5.11 Å². The summed E-state index contributed by atoms with van der Waals surface area (Å²) < 4.78 is 10.5. The Bertz CT molecular complexity index is 869. The molecule has 2 aromatic rings. The molecule has 0 saturated carbocycles. The van der Waals surface area contributed by atoms with E-state index in [2.05, 4.69) is 46.7 Å². The Kier molecular flexibility index (Phi) is 7.87. The molecule has 3 rings (SSSR count). The van der Waals surface area contributed by atoms with Crippen molar-refractivity contribution in [2.75, 3.05) is 38.8 Å². The third kappa shape index (κ3) is 5.75. The zero-order valence-corrected chi connectivity index (χ0v) is 18.9. The van der Waals surface area contributed by atoms with Crippen LogP contribution in [-0.2, 0) is 6.54 Å². The number of anilines is 1. The van der Waals surface area contributed by atoms with Gasteiger partial charge in [0, 0.05) is 25.3 Å². The zero-order chi connectivity index (χ0) is 22.2. The highest BCUT2D eigenvalue weighted by Crippen LogP contribution is 2.37. The molecule has 0 aromatic heterocycles. The summed E-state index contributed by atoms with van der Waals surface area (Å²) in [5, 5.41) is 16.9. The highest BCUT2D eigenvalue weighted by atomic mass is 16.5. The zero-order valence-electron chi connectivity index (χ0n) is 18.9. The molecule has 1 atom stereocenters. The number of methoxy groups -OCH3 is 2. The topological polar surface area (TPSA) is 78.4 Å². The van der Waals surface area contributed by atoms with Gasteiger partial charge in [-0.3, -0.25) is 0 Å². The molecule has 168 valence electrons. The van der Waals surface area contributed by atoms with E-state index in [0.29, 0.717) is 18.0 Å². The Morgan fingerprint density at radius 1 is 1.13 bits per heavy atom. The van der Waals surface area contributed by atoms with E-state index in [0.717, 1.165) is 31.2 Å². The lowest BCUT2D eigenvalue weighted by atomic mass is 10.1. The number of ether oxygens (including phenoxy) is 2. The molecule has 0 radical (unpaired) electrons. The van der Waals surface area contributed by atoms with Gasteiger partial charge in [0.1, 0.15) is 0 Å². The van der Waals surface area contributed by atoms with Crippen LogP contribution in [0.2, 0.25) is 0 Å². The predicted octanol–water partition coefficient (Wildman–Crippen LogP) is 3.83. The summed E-state index contributed by atoms with van der Waals surface area (Å²) in [4.78, 5) is 7.17. The molecule has 1 aliphatic rings. The van der Waals surface area contributed by atoms with Crippen molar-refractivity contribution in [2.45, 2.75) is 39.3 Å². The summed E-state index contributed by atoms with van der Waals surface area (Å²) in [5.74, 6) is 1.46. The van der Waals surface area contributed by atoms with Gasteiger partial charge in [-0.1, -0.05) is 12.1 Å². The largest absolute Gasteiger partial charge is 0.502 e. The van der Waals surface area contributed by atoms with E-state index in [-0.39, 0.29) is 11.8 Å². The molecule has 31 heavy (non-hydrogen) atoms. The fourth-order valence-electron chi connectivity index (χ4n) is 3.78. The highest BCUT2D eigenvalue weighted by molar-refractivity contribution is 5.80. The van der Waals surface area contributed by atoms with Gasteiger partial charge >= 0.3 is 0 Å². The minimum atomic E-state index is -0.00531. The van der Waals surface area contributed by atoms with Crippen molar-refractivity contribution < 1.29 is 14.6 Å². The number of nitrogens with zero attached hydrogens (tertiary/aromatic N) is 2. The Labute approximate surface area is 185 Å². The van der Waals surface area contributed by atoms with Gasteiger partial charge in [-0.25, -0.2) is 4.99 Å². The SMILES string of the molecule is CCNC(=NCc1cc(OC)c(O)c(OC)c1)NC(C)c1cccc(N2CCCC2)c1. The molecule has 2 aromatic carbocycles. The smallest absolute Gasteiger partial charge is 0.200 e. The van der Waals surface area contributed by atoms with Crippen LogP contribution in [0.25, 0.3) is 0 Å². The van der Waals surface area contributed by atoms with E-state index in [1.54, 1.807) is 12.1 Å². The number of rotatable bonds is 8. The Morgan fingerprint density at radius 3 is 2.42 bits per heavy atom. The molecule has 1 unspecified atom stereocenters. The van der Waals surface area contributed by atoms with Gasteiger partial charge in [0.2, 0.25) is 5.75 Å². The van der Waals surface area contributed by atoms with Crippen molar-refractivity contribution in [3.8, 4) is 17.2 Å². The van der Waals surface area contributed by atoms with Crippen LogP contribution in [-0.4, -0.2) is 44.9 Å². The molecule has 1 heterocycles. The number of phenolic OH excluding ortho intramolecular Hbond substituents is 1. The van der Waals surface area contributed by atoms with E-state index >= 15 is 0 Å². The maximum Gasteiger partial charge on any atom is 0.200 e. The minimum Gasteiger partial charge on any atom is -0.502 e. The standard InChI is InChI=1S/C24H34N4O3/c1-5-25-24(26-16-18-13-21(30-3)23(29)22(14-18)31-4)27-17(2)19-9-8-10-20(15-19)28-11-6-7-12-28/h8-10,13-15,17,29H,5-7,11-12,16H2,1-4H3,(H2,25,26,27). The lowest BCUT2D eigenvalue weighted by Gasteiger charge is -2.22. The van der Waals surface area contributed by atoms with E-state index < -0.39 is 0 Å². The number of aromatic hydroxyl groups is 1. The van der Waals surface area contributed by atoms with Crippen molar-refractivity contribution >= 4 is 11.6 Å². The van der Waals surface area contributed by atoms with Crippen molar-refractivity contribution in [2.24, 2.45) is 4.99 Å². The van der Waals surface area contributed by atoms with Crippen LogP contribution < -0.4 is 25.0 Å². The quantitative estimate of drug-likeness (QED) is 0.440. The van der Waals surface area contributed by atoms with Gasteiger partial charge < -0.3 is 30.1 Å². The lowest BCUT2D eigenvalue weighted by molar-refractivity contribution is 0.339. The summed E-state index contributed by atoms with van der Waals surface area (Å²) in [6.07, 6.45) is 2.53. The highest BCUT2D eigenvalue weighted by Gasteiger charge is 2.15. The first-order valence-electron chi connectivity index (χ1n) is 10.9. The van der Waals surface area contributed by atoms with Gasteiger partial charge in [0.05, 0.1) is 26.8 Å². The average molecular weight is 427 g/mol. The number of hydrogen-bond donors (Lipinski definition) is 3. The van der Waals surface area contributed by atoms with Gasteiger partial charge in [-0.05, 0) is 62.1 Å². The molecular formula is C24H34N4O3. The van der Waals surface area contributed by atoms with E-state index in [4.69, 9.17) is 14.5 Å².